The molecular weight excluding hydrogens is 363 g/mol. The maximum Gasteiger partial charge on any atom is 0.339 e. The maximum absolute atomic E-state index is 13.5. The SMILES string of the molecule is CC(C)(C)OC(=O)c1cc(S(=O)(=O)Cl)c(F)cc1Br. The number of carbonyl (C=O) groups is 1. The van der Waals surface area contributed by atoms with Gasteiger partial charge in [0.2, 0.25) is 0 Å². The summed E-state index contributed by atoms with van der Waals surface area (Å²) in [7, 11) is 0.809. The van der Waals surface area contributed by atoms with E-state index in [9.17, 15) is 17.6 Å². The first-order chi connectivity index (χ1) is 8.42. The second-order valence-corrected chi connectivity index (χ2v) is 8.09. The second-order valence-electron chi connectivity index (χ2n) is 4.70. The average molecular weight is 374 g/mol. The van der Waals surface area contributed by atoms with Crippen molar-refractivity contribution in [3.05, 3.63) is 28.0 Å². The molecule has 0 N–H and O–H groups in total. The molecule has 0 heterocycles. The van der Waals surface area contributed by atoms with Crippen molar-refractivity contribution in [2.75, 3.05) is 0 Å². The van der Waals surface area contributed by atoms with Gasteiger partial charge < -0.3 is 4.74 Å². The number of carbonyl (C=O) groups excluding carboxylic acids is 1. The lowest BCUT2D eigenvalue weighted by Crippen LogP contribution is -2.24. The molecule has 0 aliphatic heterocycles. The first-order valence-electron chi connectivity index (χ1n) is 5.09. The third kappa shape index (κ3) is 4.43. The van der Waals surface area contributed by atoms with Crippen LogP contribution < -0.4 is 0 Å². The van der Waals surface area contributed by atoms with Crippen LogP contribution in [0.1, 0.15) is 31.1 Å². The van der Waals surface area contributed by atoms with Crippen molar-refractivity contribution < 1.29 is 22.3 Å². The summed E-state index contributed by atoms with van der Waals surface area (Å²) >= 11 is 2.98. The van der Waals surface area contributed by atoms with Crippen molar-refractivity contribution in [1.29, 1.82) is 0 Å². The van der Waals surface area contributed by atoms with Gasteiger partial charge in [-0.2, -0.15) is 0 Å². The lowest BCUT2D eigenvalue weighted by atomic mass is 10.1. The van der Waals surface area contributed by atoms with Crippen molar-refractivity contribution in [2.45, 2.75) is 31.3 Å². The third-order valence-corrected chi connectivity index (χ3v) is 3.90. The molecule has 0 atom stereocenters. The zero-order valence-corrected chi connectivity index (χ0v) is 13.5. The summed E-state index contributed by atoms with van der Waals surface area (Å²) in [6, 6.07) is 1.70. The molecule has 0 saturated heterocycles. The molecular formula is C11H11BrClFO4S. The summed E-state index contributed by atoms with van der Waals surface area (Å²) < 4.78 is 41.0. The molecule has 0 radical (unpaired) electrons. The van der Waals surface area contributed by atoms with Crippen LogP contribution >= 0.6 is 26.6 Å². The lowest BCUT2D eigenvalue weighted by Gasteiger charge is -2.20. The van der Waals surface area contributed by atoms with Crippen LogP contribution in [0.15, 0.2) is 21.5 Å². The van der Waals surface area contributed by atoms with Gasteiger partial charge in [-0.25, -0.2) is 17.6 Å². The van der Waals surface area contributed by atoms with Crippen molar-refractivity contribution in [3.63, 3.8) is 0 Å². The normalized spacial score (nSPS) is 12.3. The Balaban J connectivity index is 3.34. The van der Waals surface area contributed by atoms with Crippen LogP contribution in [0.25, 0.3) is 0 Å². The molecule has 106 valence electrons. The molecule has 1 aromatic rings. The monoisotopic (exact) mass is 372 g/mol. The Morgan fingerprint density at radius 3 is 2.32 bits per heavy atom. The van der Waals surface area contributed by atoms with Crippen molar-refractivity contribution >= 4 is 41.6 Å². The molecule has 0 amide bonds. The van der Waals surface area contributed by atoms with Crippen LogP contribution in [-0.2, 0) is 13.8 Å². The maximum atomic E-state index is 13.5. The van der Waals surface area contributed by atoms with Gasteiger partial charge >= 0.3 is 5.97 Å². The number of halogens is 3. The van der Waals surface area contributed by atoms with E-state index in [1.807, 2.05) is 0 Å². The summed E-state index contributed by atoms with van der Waals surface area (Å²) in [4.78, 5) is 11.1. The molecule has 0 aliphatic rings. The number of benzene rings is 1. The quantitative estimate of drug-likeness (QED) is 0.588. The molecule has 1 aromatic carbocycles. The van der Waals surface area contributed by atoms with Crippen LogP contribution in [0.5, 0.6) is 0 Å². The molecule has 0 fully saturated rings. The Morgan fingerprint density at radius 1 is 1.37 bits per heavy atom. The van der Waals surface area contributed by atoms with Crippen LogP contribution in [0, 0.1) is 5.82 Å². The summed E-state index contributed by atoms with van der Waals surface area (Å²) in [5.41, 5.74) is -0.874. The minimum absolute atomic E-state index is 0.0864. The standard InChI is InChI=1S/C11H11BrClFO4S/c1-11(2,3)18-10(15)6-4-9(19(13,16)17)8(14)5-7(6)12/h4-5H,1-3H3. The third-order valence-electron chi connectivity index (χ3n) is 1.90. The van der Waals surface area contributed by atoms with Gasteiger partial charge in [0.05, 0.1) is 5.56 Å². The molecule has 19 heavy (non-hydrogen) atoms. The smallest absolute Gasteiger partial charge is 0.339 e. The first-order valence-corrected chi connectivity index (χ1v) is 8.19. The van der Waals surface area contributed by atoms with E-state index in [4.69, 9.17) is 15.4 Å². The van der Waals surface area contributed by atoms with Gasteiger partial charge in [0.25, 0.3) is 9.05 Å². The summed E-state index contributed by atoms with van der Waals surface area (Å²) in [6.45, 7) is 4.96. The zero-order chi connectivity index (χ0) is 15.0. The molecule has 0 bridgehead atoms. The van der Waals surface area contributed by atoms with E-state index in [1.54, 1.807) is 20.8 Å². The van der Waals surface area contributed by atoms with Gasteiger partial charge in [-0.3, -0.25) is 0 Å². The van der Waals surface area contributed by atoms with Crippen LogP contribution in [0.2, 0.25) is 0 Å². The van der Waals surface area contributed by atoms with E-state index >= 15 is 0 Å². The van der Waals surface area contributed by atoms with E-state index in [0.29, 0.717) is 0 Å². The highest BCUT2D eigenvalue weighted by Gasteiger charge is 2.25. The largest absolute Gasteiger partial charge is 0.456 e. The fourth-order valence-corrected chi connectivity index (χ4v) is 2.59. The minimum atomic E-state index is -4.28. The zero-order valence-electron chi connectivity index (χ0n) is 10.3. The predicted octanol–water partition coefficient (Wildman–Crippen LogP) is 3.47. The number of hydrogen-bond acceptors (Lipinski definition) is 4. The van der Waals surface area contributed by atoms with E-state index in [-0.39, 0.29) is 10.0 Å². The first kappa shape index (κ1) is 16.4. The van der Waals surface area contributed by atoms with Crippen LogP contribution in [0.4, 0.5) is 4.39 Å². The Kier molecular flexibility index (Phi) is 4.64. The van der Waals surface area contributed by atoms with Gasteiger partial charge in [0.1, 0.15) is 16.3 Å². The van der Waals surface area contributed by atoms with Crippen LogP contribution in [0.3, 0.4) is 0 Å². The van der Waals surface area contributed by atoms with Gasteiger partial charge in [-0.15, -0.1) is 0 Å². The second kappa shape index (κ2) is 5.38. The molecule has 0 unspecified atom stereocenters. The van der Waals surface area contributed by atoms with Gasteiger partial charge in [-0.1, -0.05) is 0 Å². The van der Waals surface area contributed by atoms with Crippen molar-refractivity contribution in [3.8, 4) is 0 Å². The van der Waals surface area contributed by atoms with E-state index in [0.717, 1.165) is 12.1 Å². The number of esters is 1. The Hall–Kier alpha value is -0.660. The Bertz CT molecular complexity index is 622. The predicted molar refractivity (Wildman–Crippen MR) is 72.3 cm³/mol. The highest BCUT2D eigenvalue weighted by molar-refractivity contribution is 9.10. The van der Waals surface area contributed by atoms with E-state index in [1.165, 1.54) is 0 Å². The summed E-state index contributed by atoms with van der Waals surface area (Å²) in [5, 5.41) is 0. The number of hydrogen-bond donors (Lipinski definition) is 0. The van der Waals surface area contributed by atoms with Crippen molar-refractivity contribution in [2.24, 2.45) is 0 Å². The average Bonchev–Trinajstić information content (AvgIpc) is 2.11. The molecule has 0 spiro atoms. The molecule has 4 nitrogen and oxygen atoms in total. The topological polar surface area (TPSA) is 60.4 Å². The fourth-order valence-electron chi connectivity index (χ4n) is 1.21. The highest BCUT2D eigenvalue weighted by atomic mass is 79.9. The van der Waals surface area contributed by atoms with Gasteiger partial charge in [0.15, 0.2) is 0 Å². The molecule has 1 rings (SSSR count). The molecule has 0 aliphatic carbocycles. The molecule has 0 saturated carbocycles. The summed E-state index contributed by atoms with van der Waals surface area (Å²) in [6.07, 6.45) is 0. The Labute approximate surface area is 123 Å². The molecule has 8 heteroatoms. The minimum Gasteiger partial charge on any atom is -0.456 e. The van der Waals surface area contributed by atoms with Crippen LogP contribution in [-0.4, -0.2) is 20.0 Å². The fraction of sp³-hybridized carbons (Fsp3) is 0.364. The number of rotatable bonds is 2. The van der Waals surface area contributed by atoms with E-state index in [2.05, 4.69) is 15.9 Å². The number of ether oxygens (including phenoxy) is 1. The van der Waals surface area contributed by atoms with Gasteiger partial charge in [0, 0.05) is 15.2 Å². The van der Waals surface area contributed by atoms with E-state index < -0.39 is 31.3 Å². The summed E-state index contributed by atoms with van der Waals surface area (Å²) in [5.74, 6) is -1.82. The highest BCUT2D eigenvalue weighted by Crippen LogP contribution is 2.28. The van der Waals surface area contributed by atoms with Gasteiger partial charge in [-0.05, 0) is 48.8 Å². The van der Waals surface area contributed by atoms with Crippen molar-refractivity contribution in [1.82, 2.24) is 0 Å². The Morgan fingerprint density at radius 2 is 1.89 bits per heavy atom. The lowest BCUT2D eigenvalue weighted by molar-refractivity contribution is 0.00681. The molecule has 0 aromatic heterocycles.